The van der Waals surface area contributed by atoms with Crippen LogP contribution in [0, 0.1) is 18.3 Å². The molecule has 3 nitrogen and oxygen atoms in total. The van der Waals surface area contributed by atoms with Crippen LogP contribution in [0.15, 0.2) is 70.5 Å². The largest absolute Gasteiger partial charge is 0.440 e. The van der Waals surface area contributed by atoms with Crippen molar-refractivity contribution in [3.05, 3.63) is 87.2 Å². The molecule has 1 atom stereocenters. The Hall–Kier alpha value is -2.77. The number of halogens is 1. The zero-order valence-corrected chi connectivity index (χ0v) is 15.2. The van der Waals surface area contributed by atoms with Crippen molar-refractivity contribution < 1.29 is 4.74 Å². The fourth-order valence-electron chi connectivity index (χ4n) is 3.36. The van der Waals surface area contributed by atoms with Gasteiger partial charge in [-0.2, -0.15) is 5.26 Å². The highest BCUT2D eigenvalue weighted by molar-refractivity contribution is 9.10. The van der Waals surface area contributed by atoms with Gasteiger partial charge in [0.05, 0.1) is 5.92 Å². The summed E-state index contributed by atoms with van der Waals surface area (Å²) in [5.41, 5.74) is 9.70. The number of fused-ring (bicyclic) bond motifs is 3. The molecule has 122 valence electrons. The Bertz CT molecular complexity index is 1060. The first-order valence-electron chi connectivity index (χ1n) is 7.95. The number of nitrogens with zero attached hydrogens (tertiary/aromatic N) is 1. The standard InChI is InChI=1S/C21H15BrN2O/c1-12-2-4-13(5-3-12)19-17(11-23)21(24)25-18-9-6-14-10-15(22)7-8-16(14)20(18)19/h2-10,19H,24H2,1H3/t19-/m0/s1. The van der Waals surface area contributed by atoms with E-state index in [4.69, 9.17) is 10.5 Å². The van der Waals surface area contributed by atoms with Gasteiger partial charge in [0.15, 0.2) is 0 Å². The third-order valence-electron chi connectivity index (χ3n) is 4.58. The number of nitrogens with two attached hydrogens (primary N) is 1. The molecule has 0 amide bonds. The van der Waals surface area contributed by atoms with Crippen molar-refractivity contribution in [3.8, 4) is 11.8 Å². The topological polar surface area (TPSA) is 59.0 Å². The lowest BCUT2D eigenvalue weighted by Crippen LogP contribution is -2.21. The molecule has 0 spiro atoms. The van der Waals surface area contributed by atoms with Gasteiger partial charge in [0.1, 0.15) is 17.4 Å². The lowest BCUT2D eigenvalue weighted by molar-refractivity contribution is 0.395. The third-order valence-corrected chi connectivity index (χ3v) is 5.07. The number of rotatable bonds is 1. The normalized spacial score (nSPS) is 16.3. The van der Waals surface area contributed by atoms with Gasteiger partial charge in [-0.05, 0) is 41.5 Å². The minimum Gasteiger partial charge on any atom is -0.440 e. The van der Waals surface area contributed by atoms with E-state index in [2.05, 4.69) is 58.4 Å². The van der Waals surface area contributed by atoms with Crippen molar-refractivity contribution in [2.75, 3.05) is 0 Å². The zero-order chi connectivity index (χ0) is 17.6. The molecule has 4 heteroatoms. The minimum atomic E-state index is -0.237. The molecule has 1 heterocycles. The summed E-state index contributed by atoms with van der Waals surface area (Å²) in [5, 5.41) is 11.9. The van der Waals surface area contributed by atoms with E-state index in [9.17, 15) is 5.26 Å². The summed E-state index contributed by atoms with van der Waals surface area (Å²) in [5.74, 6) is 0.646. The fraction of sp³-hybridized carbons (Fsp3) is 0.0952. The van der Waals surface area contributed by atoms with Gasteiger partial charge >= 0.3 is 0 Å². The average Bonchev–Trinajstić information content (AvgIpc) is 2.61. The highest BCUT2D eigenvalue weighted by Crippen LogP contribution is 2.45. The Kier molecular flexibility index (Phi) is 3.74. The number of nitriles is 1. The summed E-state index contributed by atoms with van der Waals surface area (Å²) < 4.78 is 6.79. The number of allylic oxidation sites excluding steroid dienone is 1. The molecule has 1 aliphatic rings. The summed E-state index contributed by atoms with van der Waals surface area (Å²) in [6, 6.07) is 20.5. The van der Waals surface area contributed by atoms with Gasteiger partial charge in [0.2, 0.25) is 5.88 Å². The van der Waals surface area contributed by atoms with Crippen molar-refractivity contribution >= 4 is 26.7 Å². The molecule has 25 heavy (non-hydrogen) atoms. The number of aryl methyl sites for hydroxylation is 1. The molecular weight excluding hydrogens is 376 g/mol. The van der Waals surface area contributed by atoms with E-state index in [1.165, 1.54) is 5.56 Å². The lowest BCUT2D eigenvalue weighted by atomic mass is 9.81. The Balaban J connectivity index is 2.05. The molecule has 2 N–H and O–H groups in total. The second-order valence-corrected chi connectivity index (χ2v) is 7.09. The molecular formula is C21H15BrN2O. The summed E-state index contributed by atoms with van der Waals surface area (Å²) in [6.07, 6.45) is 0. The van der Waals surface area contributed by atoms with Crippen LogP contribution in [0.25, 0.3) is 10.8 Å². The summed E-state index contributed by atoms with van der Waals surface area (Å²) >= 11 is 3.52. The van der Waals surface area contributed by atoms with Crippen LogP contribution in [0.3, 0.4) is 0 Å². The first-order valence-corrected chi connectivity index (χ1v) is 8.74. The minimum absolute atomic E-state index is 0.178. The Morgan fingerprint density at radius 2 is 1.84 bits per heavy atom. The van der Waals surface area contributed by atoms with E-state index in [1.54, 1.807) is 0 Å². The zero-order valence-electron chi connectivity index (χ0n) is 13.6. The van der Waals surface area contributed by atoms with E-state index < -0.39 is 0 Å². The maximum atomic E-state index is 9.71. The molecule has 4 rings (SSSR count). The maximum Gasteiger partial charge on any atom is 0.205 e. The highest BCUT2D eigenvalue weighted by Gasteiger charge is 2.32. The molecule has 0 saturated carbocycles. The van der Waals surface area contributed by atoms with Crippen LogP contribution in [0.4, 0.5) is 0 Å². The van der Waals surface area contributed by atoms with Crippen molar-refractivity contribution in [1.29, 1.82) is 5.26 Å². The number of ether oxygens (including phenoxy) is 1. The van der Waals surface area contributed by atoms with Crippen LogP contribution in [0.5, 0.6) is 5.75 Å². The fourth-order valence-corrected chi connectivity index (χ4v) is 3.74. The van der Waals surface area contributed by atoms with E-state index in [-0.39, 0.29) is 11.8 Å². The average molecular weight is 391 g/mol. The monoisotopic (exact) mass is 390 g/mol. The van der Waals surface area contributed by atoms with E-state index in [0.717, 1.165) is 26.4 Å². The Morgan fingerprint density at radius 3 is 2.56 bits per heavy atom. The molecule has 3 aromatic carbocycles. The van der Waals surface area contributed by atoms with E-state index >= 15 is 0 Å². The van der Waals surface area contributed by atoms with Crippen LogP contribution < -0.4 is 10.5 Å². The van der Waals surface area contributed by atoms with Crippen molar-refractivity contribution in [3.63, 3.8) is 0 Å². The number of hydrogen-bond donors (Lipinski definition) is 1. The van der Waals surface area contributed by atoms with Gasteiger partial charge in [-0.25, -0.2) is 0 Å². The molecule has 1 aliphatic heterocycles. The van der Waals surface area contributed by atoms with Gasteiger partial charge in [0, 0.05) is 10.0 Å². The number of benzene rings is 3. The summed E-state index contributed by atoms with van der Waals surface area (Å²) in [4.78, 5) is 0. The molecule has 0 aliphatic carbocycles. The van der Waals surface area contributed by atoms with Gasteiger partial charge in [0.25, 0.3) is 0 Å². The molecule has 3 aromatic rings. The van der Waals surface area contributed by atoms with Crippen molar-refractivity contribution in [2.45, 2.75) is 12.8 Å². The molecule has 0 aromatic heterocycles. The number of hydrogen-bond acceptors (Lipinski definition) is 3. The molecule has 0 fully saturated rings. The van der Waals surface area contributed by atoms with Crippen LogP contribution in [-0.4, -0.2) is 0 Å². The van der Waals surface area contributed by atoms with Gasteiger partial charge in [-0.1, -0.05) is 57.9 Å². The molecule has 0 saturated heterocycles. The SMILES string of the molecule is Cc1ccc([C@H]2C(C#N)=C(N)Oc3ccc4cc(Br)ccc4c32)cc1. The highest BCUT2D eigenvalue weighted by atomic mass is 79.9. The first-order chi connectivity index (χ1) is 12.1. The lowest BCUT2D eigenvalue weighted by Gasteiger charge is -2.28. The summed E-state index contributed by atoms with van der Waals surface area (Å²) in [7, 11) is 0. The maximum absolute atomic E-state index is 9.71. The predicted octanol–water partition coefficient (Wildman–Crippen LogP) is 5.13. The van der Waals surface area contributed by atoms with Gasteiger partial charge in [-0.3, -0.25) is 0 Å². The van der Waals surface area contributed by atoms with Crippen LogP contribution >= 0.6 is 15.9 Å². The van der Waals surface area contributed by atoms with Crippen LogP contribution in [0.1, 0.15) is 22.6 Å². The second kappa shape index (κ2) is 5.94. The predicted molar refractivity (Wildman–Crippen MR) is 102 cm³/mol. The van der Waals surface area contributed by atoms with E-state index in [0.29, 0.717) is 11.3 Å². The van der Waals surface area contributed by atoms with Crippen molar-refractivity contribution in [1.82, 2.24) is 0 Å². The second-order valence-electron chi connectivity index (χ2n) is 6.18. The van der Waals surface area contributed by atoms with Crippen LogP contribution in [0.2, 0.25) is 0 Å². The van der Waals surface area contributed by atoms with Gasteiger partial charge in [-0.15, -0.1) is 0 Å². The summed E-state index contributed by atoms with van der Waals surface area (Å²) in [6.45, 7) is 2.05. The Labute approximate surface area is 154 Å². The first kappa shape index (κ1) is 15.7. The van der Waals surface area contributed by atoms with E-state index in [1.807, 2.05) is 25.1 Å². The Morgan fingerprint density at radius 1 is 1.08 bits per heavy atom. The molecule has 0 radical (unpaired) electrons. The van der Waals surface area contributed by atoms with Crippen LogP contribution in [-0.2, 0) is 0 Å². The van der Waals surface area contributed by atoms with Crippen molar-refractivity contribution in [2.24, 2.45) is 5.73 Å². The quantitative estimate of drug-likeness (QED) is 0.626. The molecule has 0 bridgehead atoms. The molecule has 0 unspecified atom stereocenters. The van der Waals surface area contributed by atoms with Gasteiger partial charge < -0.3 is 10.5 Å². The third kappa shape index (κ3) is 2.57. The smallest absolute Gasteiger partial charge is 0.205 e.